The van der Waals surface area contributed by atoms with E-state index in [1.54, 1.807) is 0 Å². The second-order valence-electron chi connectivity index (χ2n) is 4.07. The van der Waals surface area contributed by atoms with Gasteiger partial charge in [0.05, 0.1) is 4.99 Å². The number of hydrogen-bond acceptors (Lipinski definition) is 2. The number of nitrogens with zero attached hydrogens (tertiary/aromatic N) is 1. The highest BCUT2D eigenvalue weighted by atomic mass is 32.1. The molecule has 0 unspecified atom stereocenters. The third kappa shape index (κ3) is 7.47. The van der Waals surface area contributed by atoms with Crippen molar-refractivity contribution in [3.8, 4) is 0 Å². The van der Waals surface area contributed by atoms with Gasteiger partial charge in [-0.2, -0.15) is 13.2 Å². The number of unbranched alkanes of at least 4 members (excludes halogenated alkanes) is 3. The lowest BCUT2D eigenvalue weighted by atomic mass is 10.2. The van der Waals surface area contributed by atoms with Crippen LogP contribution >= 0.6 is 12.2 Å². The van der Waals surface area contributed by atoms with Crippen LogP contribution in [-0.4, -0.2) is 35.1 Å². The number of alkyl halides is 3. The van der Waals surface area contributed by atoms with Gasteiger partial charge in [0.1, 0.15) is 0 Å². The first-order valence-corrected chi connectivity index (χ1v) is 6.34. The van der Waals surface area contributed by atoms with Gasteiger partial charge in [0.15, 0.2) is 0 Å². The van der Waals surface area contributed by atoms with Gasteiger partial charge >= 0.3 is 12.1 Å². The molecule has 0 aliphatic rings. The first-order chi connectivity index (χ1) is 8.29. The van der Waals surface area contributed by atoms with E-state index in [9.17, 15) is 18.0 Å². The van der Waals surface area contributed by atoms with Gasteiger partial charge in [0.25, 0.3) is 0 Å². The Hall–Kier alpha value is -0.850. The number of rotatable bonds is 8. The molecule has 0 saturated carbocycles. The van der Waals surface area contributed by atoms with Crippen molar-refractivity contribution in [2.75, 3.05) is 13.1 Å². The minimum Gasteiger partial charge on any atom is -0.393 e. The molecule has 0 rings (SSSR count). The molecule has 0 aromatic rings. The SMILES string of the molecule is CCCCCCN(CCC(N)=S)C(=O)C(F)(F)F. The van der Waals surface area contributed by atoms with Crippen LogP contribution in [0.5, 0.6) is 0 Å². The van der Waals surface area contributed by atoms with E-state index in [4.69, 9.17) is 5.73 Å². The number of nitrogens with two attached hydrogens (primary N) is 1. The summed E-state index contributed by atoms with van der Waals surface area (Å²) >= 11 is 4.61. The largest absolute Gasteiger partial charge is 0.471 e. The molecule has 1 amide bonds. The molecule has 0 atom stereocenters. The summed E-state index contributed by atoms with van der Waals surface area (Å²) in [5, 5.41) is 0. The molecular weight excluding hydrogens is 265 g/mol. The number of carbonyl (C=O) groups is 1. The fraction of sp³-hybridized carbons (Fsp3) is 0.818. The summed E-state index contributed by atoms with van der Waals surface area (Å²) < 4.78 is 37.0. The van der Waals surface area contributed by atoms with E-state index in [0.717, 1.165) is 24.2 Å². The number of amides is 1. The standard InChI is InChI=1S/C11H19F3N2OS/c1-2-3-4-5-7-16(8-6-9(15)18)10(17)11(12,13)14/h2-8H2,1H3,(H2,15,18). The number of carbonyl (C=O) groups excluding carboxylic acids is 1. The molecule has 0 aliphatic heterocycles. The molecule has 2 N–H and O–H groups in total. The number of thiocarbonyl (C=S) groups is 1. The van der Waals surface area contributed by atoms with Gasteiger partial charge in [-0.25, -0.2) is 0 Å². The molecule has 0 aromatic carbocycles. The van der Waals surface area contributed by atoms with Gasteiger partial charge in [-0.15, -0.1) is 0 Å². The lowest BCUT2D eigenvalue weighted by Crippen LogP contribution is -2.43. The highest BCUT2D eigenvalue weighted by Gasteiger charge is 2.42. The predicted molar refractivity (Wildman–Crippen MR) is 68.2 cm³/mol. The Labute approximate surface area is 111 Å². The summed E-state index contributed by atoms with van der Waals surface area (Å²) in [6.45, 7) is 2.03. The lowest BCUT2D eigenvalue weighted by Gasteiger charge is -2.23. The van der Waals surface area contributed by atoms with E-state index < -0.39 is 12.1 Å². The minimum atomic E-state index is -4.83. The second kappa shape index (κ2) is 8.29. The Bertz CT molecular complexity index is 282. The van der Waals surface area contributed by atoms with Crippen molar-refractivity contribution in [3.63, 3.8) is 0 Å². The normalized spacial score (nSPS) is 11.3. The third-order valence-corrected chi connectivity index (χ3v) is 2.64. The Morgan fingerprint density at radius 1 is 1.22 bits per heavy atom. The summed E-state index contributed by atoms with van der Waals surface area (Å²) in [7, 11) is 0. The van der Waals surface area contributed by atoms with Crippen molar-refractivity contribution in [3.05, 3.63) is 0 Å². The molecule has 106 valence electrons. The summed E-state index contributed by atoms with van der Waals surface area (Å²) in [5.74, 6) is -1.81. The van der Waals surface area contributed by atoms with Gasteiger partial charge in [-0.05, 0) is 6.42 Å². The summed E-state index contributed by atoms with van der Waals surface area (Å²) in [5.41, 5.74) is 5.24. The molecule has 18 heavy (non-hydrogen) atoms. The smallest absolute Gasteiger partial charge is 0.393 e. The molecule has 0 heterocycles. The van der Waals surface area contributed by atoms with E-state index in [1.165, 1.54) is 0 Å². The number of hydrogen-bond donors (Lipinski definition) is 1. The molecule has 7 heteroatoms. The topological polar surface area (TPSA) is 46.3 Å². The Balaban J connectivity index is 4.33. The van der Waals surface area contributed by atoms with E-state index in [1.807, 2.05) is 6.92 Å². The maximum atomic E-state index is 12.3. The Morgan fingerprint density at radius 2 is 1.83 bits per heavy atom. The second-order valence-corrected chi connectivity index (χ2v) is 4.59. The van der Waals surface area contributed by atoms with Gasteiger partial charge < -0.3 is 10.6 Å². The van der Waals surface area contributed by atoms with Crippen molar-refractivity contribution in [1.82, 2.24) is 4.90 Å². The zero-order valence-electron chi connectivity index (χ0n) is 10.4. The highest BCUT2D eigenvalue weighted by Crippen LogP contribution is 2.19. The van der Waals surface area contributed by atoms with Crippen LogP contribution in [0.3, 0.4) is 0 Å². The summed E-state index contributed by atoms with van der Waals surface area (Å²) in [4.78, 5) is 12.1. The zero-order chi connectivity index (χ0) is 14.2. The quantitative estimate of drug-likeness (QED) is 0.550. The molecule has 3 nitrogen and oxygen atoms in total. The van der Waals surface area contributed by atoms with Crippen molar-refractivity contribution in [2.24, 2.45) is 5.73 Å². The number of halogens is 3. The van der Waals surface area contributed by atoms with Crippen LogP contribution < -0.4 is 5.73 Å². The highest BCUT2D eigenvalue weighted by molar-refractivity contribution is 7.80. The van der Waals surface area contributed by atoms with Crippen LogP contribution in [0.25, 0.3) is 0 Å². The van der Waals surface area contributed by atoms with Crippen LogP contribution in [0.1, 0.15) is 39.0 Å². The van der Waals surface area contributed by atoms with Crippen LogP contribution in [0, 0.1) is 0 Å². The van der Waals surface area contributed by atoms with Gasteiger partial charge in [0, 0.05) is 19.5 Å². The van der Waals surface area contributed by atoms with E-state index in [0.29, 0.717) is 6.42 Å². The van der Waals surface area contributed by atoms with Crippen LogP contribution in [0.4, 0.5) is 13.2 Å². The van der Waals surface area contributed by atoms with Crippen LogP contribution in [0.15, 0.2) is 0 Å². The molecule has 0 aliphatic carbocycles. The summed E-state index contributed by atoms with van der Waals surface area (Å²) in [6.07, 6.45) is -1.41. The lowest BCUT2D eigenvalue weighted by molar-refractivity contribution is -0.185. The van der Waals surface area contributed by atoms with Gasteiger partial charge in [-0.3, -0.25) is 4.79 Å². The maximum Gasteiger partial charge on any atom is 0.471 e. The molecule has 0 aromatic heterocycles. The first-order valence-electron chi connectivity index (χ1n) is 5.93. The van der Waals surface area contributed by atoms with Crippen molar-refractivity contribution < 1.29 is 18.0 Å². The monoisotopic (exact) mass is 284 g/mol. The zero-order valence-corrected chi connectivity index (χ0v) is 11.2. The first kappa shape index (κ1) is 17.2. The van der Waals surface area contributed by atoms with Crippen molar-refractivity contribution in [1.29, 1.82) is 0 Å². The van der Waals surface area contributed by atoms with Crippen LogP contribution in [0.2, 0.25) is 0 Å². The molecule has 0 spiro atoms. The minimum absolute atomic E-state index is 0.0696. The van der Waals surface area contributed by atoms with Crippen molar-refractivity contribution in [2.45, 2.75) is 45.2 Å². The molecule has 0 saturated heterocycles. The molecular formula is C11H19F3N2OS. The molecule has 0 radical (unpaired) electrons. The van der Waals surface area contributed by atoms with E-state index in [-0.39, 0.29) is 24.5 Å². The van der Waals surface area contributed by atoms with Crippen molar-refractivity contribution >= 4 is 23.1 Å². The molecule has 0 bridgehead atoms. The third-order valence-electron chi connectivity index (χ3n) is 2.44. The Morgan fingerprint density at radius 3 is 2.28 bits per heavy atom. The fourth-order valence-electron chi connectivity index (χ4n) is 1.47. The van der Waals surface area contributed by atoms with E-state index >= 15 is 0 Å². The van der Waals surface area contributed by atoms with E-state index in [2.05, 4.69) is 12.2 Å². The fourth-order valence-corrected chi connectivity index (χ4v) is 1.56. The molecule has 0 fully saturated rings. The average Bonchev–Trinajstić information content (AvgIpc) is 2.25. The Kier molecular flexibility index (Phi) is 7.90. The van der Waals surface area contributed by atoms with Gasteiger partial charge in [0.2, 0.25) is 0 Å². The predicted octanol–water partition coefficient (Wildman–Crippen LogP) is 2.63. The van der Waals surface area contributed by atoms with Gasteiger partial charge in [-0.1, -0.05) is 38.4 Å². The average molecular weight is 284 g/mol. The van der Waals surface area contributed by atoms with Crippen LogP contribution in [-0.2, 0) is 4.79 Å². The maximum absolute atomic E-state index is 12.3. The summed E-state index contributed by atoms with van der Waals surface area (Å²) in [6, 6.07) is 0.